The molecule has 2 aromatic heterocycles. The van der Waals surface area contributed by atoms with Gasteiger partial charge >= 0.3 is 11.9 Å². The number of anilines is 1. The van der Waals surface area contributed by atoms with E-state index < -0.39 is 23.7 Å². The van der Waals surface area contributed by atoms with E-state index in [1.807, 2.05) is 0 Å². The molecular formula is C29H29N3O6S. The van der Waals surface area contributed by atoms with E-state index in [0.29, 0.717) is 35.1 Å². The predicted octanol–water partition coefficient (Wildman–Crippen LogP) is 5.24. The van der Waals surface area contributed by atoms with E-state index in [2.05, 4.69) is 30.4 Å². The van der Waals surface area contributed by atoms with Gasteiger partial charge in [-0.2, -0.15) is 0 Å². The number of hydrogen-bond acceptors (Lipinski definition) is 9. The molecule has 1 aliphatic heterocycles. The molecule has 202 valence electrons. The predicted molar refractivity (Wildman–Crippen MR) is 148 cm³/mol. The smallest absolute Gasteiger partial charge is 0.350 e. The second kappa shape index (κ2) is 12.0. The lowest BCUT2D eigenvalue weighted by Gasteiger charge is -2.23. The number of ketones is 1. The number of ether oxygens (including phenoxy) is 2. The number of benzene rings is 1. The molecule has 1 atom stereocenters. The van der Waals surface area contributed by atoms with E-state index in [4.69, 9.17) is 9.47 Å². The lowest BCUT2D eigenvalue weighted by Crippen LogP contribution is -2.29. The average Bonchev–Trinajstić information content (AvgIpc) is 3.43. The Bertz CT molecular complexity index is 1430. The number of aromatic nitrogens is 2. The minimum absolute atomic E-state index is 0.0194. The summed E-state index contributed by atoms with van der Waals surface area (Å²) in [5.74, 6) is -1.67. The number of esters is 1. The van der Waals surface area contributed by atoms with Crippen molar-refractivity contribution in [3.8, 4) is 5.75 Å². The van der Waals surface area contributed by atoms with Crippen LogP contribution >= 0.6 is 11.3 Å². The zero-order chi connectivity index (χ0) is 28.1. The summed E-state index contributed by atoms with van der Waals surface area (Å²) in [5.41, 5.74) is 1.12. The summed E-state index contributed by atoms with van der Waals surface area (Å²) in [7, 11) is 0. The molecule has 0 saturated carbocycles. The fourth-order valence-corrected chi connectivity index (χ4v) is 5.06. The second-order valence-corrected chi connectivity index (χ2v) is 10.3. The molecule has 10 heteroatoms. The van der Waals surface area contributed by atoms with Gasteiger partial charge in [-0.25, -0.2) is 9.78 Å². The number of thiazole rings is 1. The molecule has 1 aliphatic rings. The zero-order valence-corrected chi connectivity index (χ0v) is 22.7. The van der Waals surface area contributed by atoms with Crippen molar-refractivity contribution in [1.29, 1.82) is 0 Å². The fraction of sp³-hybridized carbons (Fsp3) is 0.276. The Hall–Kier alpha value is -4.31. The van der Waals surface area contributed by atoms with Crippen molar-refractivity contribution in [2.45, 2.75) is 33.2 Å². The standard InChI is InChI=1S/C29H29N3O6S/c1-5-14-38-28(36)26-18(4)31-29(39-26)32-23(20-7-6-8-21(16-20)37-15-11-17(2)3)22(25(34)27(32)35)24(33)19-9-12-30-13-10-19/h5-10,12-13,16-17,23,33H,1,11,14-15H2,2-4H3/b24-22+. The van der Waals surface area contributed by atoms with Crippen molar-refractivity contribution in [3.05, 3.63) is 88.7 Å². The van der Waals surface area contributed by atoms with Gasteiger partial charge < -0.3 is 14.6 Å². The molecule has 1 fully saturated rings. The number of amides is 1. The van der Waals surface area contributed by atoms with Crippen molar-refractivity contribution in [1.82, 2.24) is 9.97 Å². The van der Waals surface area contributed by atoms with Crippen molar-refractivity contribution < 1.29 is 29.0 Å². The van der Waals surface area contributed by atoms with Crippen LogP contribution < -0.4 is 9.64 Å². The van der Waals surface area contributed by atoms with Gasteiger partial charge in [-0.3, -0.25) is 19.5 Å². The number of pyridine rings is 1. The lowest BCUT2D eigenvalue weighted by atomic mass is 9.95. The number of aliphatic hydroxyl groups excluding tert-OH is 1. The molecule has 4 rings (SSSR count). The molecule has 1 N–H and O–H groups in total. The number of Topliss-reactive ketones (excluding diaryl/α,β-unsaturated/α-hetero) is 1. The first-order valence-electron chi connectivity index (χ1n) is 12.4. The highest BCUT2D eigenvalue weighted by molar-refractivity contribution is 7.17. The molecule has 1 saturated heterocycles. The Balaban J connectivity index is 1.83. The number of hydrogen-bond donors (Lipinski definition) is 1. The van der Waals surface area contributed by atoms with Crippen LogP contribution in [-0.2, 0) is 14.3 Å². The first kappa shape index (κ1) is 27.7. The normalized spacial score (nSPS) is 16.5. The highest BCUT2D eigenvalue weighted by Gasteiger charge is 2.48. The van der Waals surface area contributed by atoms with E-state index in [0.717, 1.165) is 17.8 Å². The summed E-state index contributed by atoms with van der Waals surface area (Å²) in [4.78, 5) is 49.2. The fourth-order valence-electron chi connectivity index (χ4n) is 4.07. The third-order valence-electron chi connectivity index (χ3n) is 6.05. The largest absolute Gasteiger partial charge is 0.507 e. The monoisotopic (exact) mass is 547 g/mol. The van der Waals surface area contributed by atoms with Gasteiger partial charge in [0, 0.05) is 18.0 Å². The topological polar surface area (TPSA) is 119 Å². The molecule has 1 aromatic carbocycles. The quantitative estimate of drug-likeness (QED) is 0.120. The van der Waals surface area contributed by atoms with Crippen LogP contribution in [0.3, 0.4) is 0 Å². The van der Waals surface area contributed by atoms with Crippen molar-refractivity contribution in [2.75, 3.05) is 18.1 Å². The van der Waals surface area contributed by atoms with Crippen LogP contribution in [0.25, 0.3) is 5.76 Å². The number of carbonyl (C=O) groups is 3. The third kappa shape index (κ3) is 5.91. The maximum Gasteiger partial charge on any atom is 0.350 e. The van der Waals surface area contributed by atoms with E-state index in [9.17, 15) is 19.5 Å². The highest BCUT2D eigenvalue weighted by atomic mass is 32.1. The molecule has 0 bridgehead atoms. The Labute approximate surface area is 230 Å². The van der Waals surface area contributed by atoms with Crippen LogP contribution in [0.15, 0.2) is 67.0 Å². The molecule has 3 aromatic rings. The van der Waals surface area contributed by atoms with E-state index in [-0.39, 0.29) is 27.9 Å². The van der Waals surface area contributed by atoms with Crippen LogP contribution in [0.2, 0.25) is 0 Å². The van der Waals surface area contributed by atoms with Crippen LogP contribution in [-0.4, -0.2) is 45.9 Å². The van der Waals surface area contributed by atoms with E-state index in [1.54, 1.807) is 43.3 Å². The SMILES string of the molecule is C=CCOC(=O)c1sc(N2C(=O)C(=O)/C(=C(/O)c3ccncc3)C2c2cccc(OCCC(C)C)c2)nc1C. The van der Waals surface area contributed by atoms with Gasteiger partial charge in [0.05, 0.1) is 23.9 Å². The second-order valence-electron chi connectivity index (χ2n) is 9.31. The number of aryl methyl sites for hydroxylation is 1. The third-order valence-corrected chi connectivity index (χ3v) is 7.18. The Kier molecular flexibility index (Phi) is 8.55. The summed E-state index contributed by atoms with van der Waals surface area (Å²) >= 11 is 0.938. The molecule has 0 aliphatic carbocycles. The zero-order valence-electron chi connectivity index (χ0n) is 21.9. The molecule has 9 nitrogen and oxygen atoms in total. The highest BCUT2D eigenvalue weighted by Crippen LogP contribution is 2.44. The maximum atomic E-state index is 13.5. The van der Waals surface area contributed by atoms with Gasteiger partial charge in [-0.15, -0.1) is 0 Å². The van der Waals surface area contributed by atoms with Crippen molar-refractivity contribution in [2.24, 2.45) is 5.92 Å². The van der Waals surface area contributed by atoms with Crippen LogP contribution in [0.4, 0.5) is 5.13 Å². The molecule has 0 spiro atoms. The number of carbonyl (C=O) groups excluding carboxylic acids is 3. The summed E-state index contributed by atoms with van der Waals surface area (Å²) in [6.07, 6.45) is 5.26. The minimum Gasteiger partial charge on any atom is -0.507 e. The van der Waals surface area contributed by atoms with E-state index in [1.165, 1.54) is 23.4 Å². The Morgan fingerprint density at radius 2 is 1.97 bits per heavy atom. The summed E-state index contributed by atoms with van der Waals surface area (Å²) in [5, 5.41) is 11.4. The van der Waals surface area contributed by atoms with Crippen molar-refractivity contribution in [3.63, 3.8) is 0 Å². The van der Waals surface area contributed by atoms with Gasteiger partial charge in [-0.05, 0) is 49.1 Å². The summed E-state index contributed by atoms with van der Waals surface area (Å²) in [6, 6.07) is 9.12. The number of rotatable bonds is 10. The van der Waals surface area contributed by atoms with Crippen molar-refractivity contribution >= 4 is 39.9 Å². The van der Waals surface area contributed by atoms with Gasteiger partial charge in [0.2, 0.25) is 0 Å². The molecule has 3 heterocycles. The van der Waals surface area contributed by atoms with E-state index >= 15 is 0 Å². The first-order valence-corrected chi connectivity index (χ1v) is 13.2. The van der Waals surface area contributed by atoms with Crippen LogP contribution in [0.1, 0.15) is 52.8 Å². The van der Waals surface area contributed by atoms with Gasteiger partial charge in [0.15, 0.2) is 5.13 Å². The molecule has 1 amide bonds. The Morgan fingerprint density at radius 3 is 2.67 bits per heavy atom. The molecule has 39 heavy (non-hydrogen) atoms. The van der Waals surface area contributed by atoms with Gasteiger partial charge in [0.1, 0.15) is 23.0 Å². The summed E-state index contributed by atoms with van der Waals surface area (Å²) < 4.78 is 11.1. The molecule has 0 radical (unpaired) electrons. The number of aliphatic hydroxyl groups is 1. The molecule has 1 unspecified atom stereocenters. The molecular weight excluding hydrogens is 518 g/mol. The lowest BCUT2D eigenvalue weighted by molar-refractivity contribution is -0.132. The first-order chi connectivity index (χ1) is 18.7. The van der Waals surface area contributed by atoms with Gasteiger partial charge in [0.25, 0.3) is 5.78 Å². The summed E-state index contributed by atoms with van der Waals surface area (Å²) in [6.45, 7) is 9.88. The maximum absolute atomic E-state index is 13.5. The number of nitrogens with zero attached hydrogens (tertiary/aromatic N) is 3. The average molecular weight is 548 g/mol. The van der Waals surface area contributed by atoms with Gasteiger partial charge in [-0.1, -0.05) is 50.0 Å². The Morgan fingerprint density at radius 1 is 1.23 bits per heavy atom. The van der Waals surface area contributed by atoms with Crippen LogP contribution in [0.5, 0.6) is 5.75 Å². The minimum atomic E-state index is -1.02. The van der Waals surface area contributed by atoms with Crippen LogP contribution in [0, 0.1) is 12.8 Å².